The Kier molecular flexibility index (Phi) is 10.3. The van der Waals surface area contributed by atoms with Crippen molar-refractivity contribution < 1.29 is 28.2 Å². The summed E-state index contributed by atoms with van der Waals surface area (Å²) in [7, 11) is 0. The minimum atomic E-state index is -0.894. The molecule has 1 fully saturated rings. The summed E-state index contributed by atoms with van der Waals surface area (Å²) in [5.74, 6) is -1.26. The van der Waals surface area contributed by atoms with Crippen LogP contribution >= 0.6 is 15.9 Å². The van der Waals surface area contributed by atoms with E-state index in [4.69, 9.17) is 25.4 Å². The number of nitrogens with one attached hydrogen (secondary N) is 2. The van der Waals surface area contributed by atoms with Crippen molar-refractivity contribution in [2.75, 3.05) is 39.5 Å². The molecule has 2 aliphatic rings. The van der Waals surface area contributed by atoms with Gasteiger partial charge in [0.15, 0.2) is 11.7 Å². The average Bonchev–Trinajstić information content (AvgIpc) is 2.86. The fraction of sp³-hybridized carbons (Fsp3) is 0.500. The number of hydrogen-bond acceptors (Lipinski definition) is 9. The number of hydrogen-bond donors (Lipinski definition) is 3. The van der Waals surface area contributed by atoms with Crippen molar-refractivity contribution >= 4 is 45.9 Å². The maximum atomic E-state index is 13.9. The van der Waals surface area contributed by atoms with Crippen molar-refractivity contribution in [1.82, 2.24) is 10.2 Å². The summed E-state index contributed by atoms with van der Waals surface area (Å²) in [6, 6.07) is 3.20. The zero-order valence-corrected chi connectivity index (χ0v) is 24.0. The molecule has 2 aliphatic heterocycles. The highest BCUT2D eigenvalue weighted by Gasteiger charge is 2.35. The van der Waals surface area contributed by atoms with Crippen LogP contribution in [0, 0.1) is 16.6 Å². The second kappa shape index (κ2) is 13.3. The van der Waals surface area contributed by atoms with Crippen LogP contribution in [0.4, 0.5) is 4.39 Å². The van der Waals surface area contributed by atoms with Gasteiger partial charge in [0.1, 0.15) is 30.9 Å². The van der Waals surface area contributed by atoms with E-state index in [9.17, 15) is 14.0 Å². The first kappa shape index (κ1) is 30.4. The van der Waals surface area contributed by atoms with Crippen molar-refractivity contribution in [1.29, 1.82) is 5.41 Å². The Morgan fingerprint density at radius 2 is 2.13 bits per heavy atom. The van der Waals surface area contributed by atoms with Gasteiger partial charge < -0.3 is 25.3 Å². The molecule has 212 valence electrons. The third-order valence-electron chi connectivity index (χ3n) is 5.94. The van der Waals surface area contributed by atoms with Gasteiger partial charge in [-0.25, -0.2) is 14.2 Å². The highest BCUT2D eigenvalue weighted by molar-refractivity contribution is 9.10. The van der Waals surface area contributed by atoms with E-state index in [2.05, 4.69) is 31.2 Å². The van der Waals surface area contributed by atoms with Crippen molar-refractivity contribution in [3.8, 4) is 0 Å². The lowest BCUT2D eigenvalue weighted by Gasteiger charge is -2.35. The second-order valence-electron chi connectivity index (χ2n) is 10.0. The molecule has 2 atom stereocenters. The predicted octanol–water partition coefficient (Wildman–Crippen LogP) is 2.70. The Labute approximate surface area is 235 Å². The molecule has 1 unspecified atom stereocenters. The lowest BCUT2D eigenvalue weighted by molar-refractivity contribution is -0.159. The van der Waals surface area contributed by atoms with Gasteiger partial charge in [0, 0.05) is 29.8 Å². The number of nitrogens with zero attached hydrogens (tertiary/aromatic N) is 3. The van der Waals surface area contributed by atoms with Crippen molar-refractivity contribution in [3.63, 3.8) is 0 Å². The number of ether oxygens (including phenoxy) is 3. The Bertz CT molecular complexity index is 1200. The van der Waals surface area contributed by atoms with Crippen LogP contribution in [0.15, 0.2) is 43.9 Å². The molecule has 0 amide bonds. The molecule has 1 aromatic carbocycles. The van der Waals surface area contributed by atoms with E-state index in [1.165, 1.54) is 18.2 Å². The first-order valence-electron chi connectivity index (χ1n) is 12.5. The summed E-state index contributed by atoms with van der Waals surface area (Å²) in [4.78, 5) is 36.0. The molecule has 1 saturated heterocycles. The van der Waals surface area contributed by atoms with Gasteiger partial charge in [-0.1, -0.05) is 22.0 Å². The van der Waals surface area contributed by atoms with Crippen molar-refractivity contribution in [2.24, 2.45) is 21.1 Å². The number of nitrogens with two attached hydrogens (primary N) is 1. The maximum absolute atomic E-state index is 13.9. The van der Waals surface area contributed by atoms with Gasteiger partial charge in [-0.05, 0) is 45.4 Å². The van der Waals surface area contributed by atoms with E-state index >= 15 is 0 Å². The van der Waals surface area contributed by atoms with E-state index in [1.54, 1.807) is 27.7 Å². The topological polar surface area (TPSA) is 152 Å². The van der Waals surface area contributed by atoms with Crippen molar-refractivity contribution in [2.45, 2.75) is 39.8 Å². The van der Waals surface area contributed by atoms with E-state index in [0.717, 1.165) is 6.34 Å². The first-order valence-corrected chi connectivity index (χ1v) is 13.3. The molecule has 1 aromatic rings. The van der Waals surface area contributed by atoms with E-state index in [-0.39, 0.29) is 49.1 Å². The molecular weight excluding hydrogens is 575 g/mol. The van der Waals surface area contributed by atoms with Gasteiger partial charge in [-0.3, -0.25) is 20.1 Å². The van der Waals surface area contributed by atoms with Crippen LogP contribution in [-0.4, -0.2) is 80.4 Å². The highest BCUT2D eigenvalue weighted by Crippen LogP contribution is 2.36. The van der Waals surface area contributed by atoms with E-state index in [0.29, 0.717) is 35.4 Å². The third-order valence-corrected chi connectivity index (χ3v) is 6.63. The van der Waals surface area contributed by atoms with Crippen LogP contribution in [0.2, 0.25) is 0 Å². The number of carbonyl (C=O) groups excluding carboxylic acids is 2. The summed E-state index contributed by atoms with van der Waals surface area (Å²) >= 11 is 3.38. The van der Waals surface area contributed by atoms with Gasteiger partial charge in [-0.2, -0.15) is 0 Å². The number of halogens is 2. The lowest BCUT2D eigenvalue weighted by atomic mass is 9.95. The van der Waals surface area contributed by atoms with E-state index < -0.39 is 23.2 Å². The second-order valence-corrected chi connectivity index (χ2v) is 10.9. The van der Waals surface area contributed by atoms with Crippen LogP contribution in [0.5, 0.6) is 0 Å². The standard InChI is InChI=1S/C26H34BrFN6O5/c1-5-37-24(35)20-19(12-34-8-9-38-16(11-34)13-39-25(36)26(2,3)4)32-23(22(30)31-14-29)33-21(20)17-7-6-15(28)10-18(17)27/h6-7,10,14,16,21H,5,8-9,11-13H2,1-4H3,(H,32,33)(H3,29,30,31)/t16-,21?/m1/s1. The van der Waals surface area contributed by atoms with Gasteiger partial charge in [0.2, 0.25) is 0 Å². The number of rotatable bonds is 9. The summed E-state index contributed by atoms with van der Waals surface area (Å²) in [6.07, 6.45) is 0.429. The number of benzene rings is 1. The molecule has 11 nitrogen and oxygen atoms in total. The fourth-order valence-electron chi connectivity index (χ4n) is 4.01. The molecule has 0 spiro atoms. The number of carbonyl (C=O) groups is 2. The quantitative estimate of drug-likeness (QED) is 0.220. The van der Waals surface area contributed by atoms with Crippen LogP contribution < -0.4 is 11.1 Å². The van der Waals surface area contributed by atoms with Crippen LogP contribution in [0.25, 0.3) is 0 Å². The van der Waals surface area contributed by atoms with Crippen LogP contribution in [0.3, 0.4) is 0 Å². The predicted molar refractivity (Wildman–Crippen MR) is 148 cm³/mol. The minimum Gasteiger partial charge on any atom is -0.463 e. The number of esters is 2. The summed E-state index contributed by atoms with van der Waals surface area (Å²) in [5, 5.41) is 10.4. The Morgan fingerprint density at radius 1 is 1.38 bits per heavy atom. The number of morpholine rings is 1. The van der Waals surface area contributed by atoms with Gasteiger partial charge in [0.05, 0.1) is 24.2 Å². The fourth-order valence-corrected chi connectivity index (χ4v) is 4.58. The molecule has 2 heterocycles. The first-order chi connectivity index (χ1) is 18.4. The zero-order chi connectivity index (χ0) is 28.7. The average molecular weight is 609 g/mol. The Morgan fingerprint density at radius 3 is 2.77 bits per heavy atom. The molecular formula is C26H34BrFN6O5. The summed E-state index contributed by atoms with van der Waals surface area (Å²) in [5.41, 5.74) is 6.67. The van der Waals surface area contributed by atoms with Gasteiger partial charge in [-0.15, -0.1) is 0 Å². The molecule has 0 radical (unpaired) electrons. The maximum Gasteiger partial charge on any atom is 0.338 e. The molecule has 0 bridgehead atoms. The number of aliphatic imine (C=N–C) groups is 2. The Balaban J connectivity index is 1.96. The SMILES string of the molecule is CCOC(=O)C1=C(CN2CCO[C@@H](COC(=O)C(C)(C)C)C2)NC(C(N)=NC=N)=NC1c1ccc(F)cc1Br. The largest absolute Gasteiger partial charge is 0.463 e. The number of amidine groups is 2. The zero-order valence-electron chi connectivity index (χ0n) is 22.4. The van der Waals surface area contributed by atoms with Crippen molar-refractivity contribution in [3.05, 3.63) is 45.3 Å². The summed E-state index contributed by atoms with van der Waals surface area (Å²) < 4.78 is 30.9. The van der Waals surface area contributed by atoms with Crippen LogP contribution in [0.1, 0.15) is 39.3 Å². The normalized spacial score (nSPS) is 20.7. The van der Waals surface area contributed by atoms with Crippen LogP contribution in [-0.2, 0) is 23.8 Å². The molecule has 13 heteroatoms. The van der Waals surface area contributed by atoms with E-state index in [1.807, 2.05) is 4.90 Å². The molecule has 0 saturated carbocycles. The molecule has 39 heavy (non-hydrogen) atoms. The monoisotopic (exact) mass is 608 g/mol. The smallest absolute Gasteiger partial charge is 0.338 e. The molecule has 3 rings (SSSR count). The summed E-state index contributed by atoms with van der Waals surface area (Å²) in [6.45, 7) is 8.91. The third kappa shape index (κ3) is 7.93. The lowest BCUT2D eigenvalue weighted by Crippen LogP contribution is -2.49. The minimum absolute atomic E-state index is 0.0532. The van der Waals surface area contributed by atoms with Gasteiger partial charge in [0.25, 0.3) is 0 Å². The molecule has 4 N–H and O–H groups in total. The highest BCUT2D eigenvalue weighted by atomic mass is 79.9. The Hall–Kier alpha value is -3.16. The molecule has 0 aromatic heterocycles. The van der Waals surface area contributed by atoms with Gasteiger partial charge >= 0.3 is 11.9 Å². The molecule has 0 aliphatic carbocycles.